The van der Waals surface area contributed by atoms with E-state index in [1.807, 2.05) is 0 Å². The molecule has 0 saturated carbocycles. The summed E-state index contributed by atoms with van der Waals surface area (Å²) in [5.41, 5.74) is 0.0364. The van der Waals surface area contributed by atoms with Gasteiger partial charge in [-0.25, -0.2) is 4.39 Å². The summed E-state index contributed by atoms with van der Waals surface area (Å²) in [6.07, 6.45) is 0.402. The van der Waals surface area contributed by atoms with E-state index in [1.54, 1.807) is 12.1 Å². The second-order valence-electron chi connectivity index (χ2n) is 4.75. The third kappa shape index (κ3) is 4.35. The van der Waals surface area contributed by atoms with Gasteiger partial charge >= 0.3 is 0 Å². The van der Waals surface area contributed by atoms with Crippen LogP contribution < -0.4 is 10.1 Å². The first kappa shape index (κ1) is 17.1. The van der Waals surface area contributed by atoms with E-state index in [4.69, 9.17) is 4.74 Å². The molecular formula is C16H13FN2O5. The van der Waals surface area contributed by atoms with E-state index in [1.165, 1.54) is 24.3 Å². The topological polar surface area (TPSA) is 98.5 Å². The zero-order chi connectivity index (χ0) is 17.5. The number of nitrogens with one attached hydrogen (secondary N) is 1. The van der Waals surface area contributed by atoms with Crippen LogP contribution in [-0.2, 0) is 11.3 Å². The Hall–Kier alpha value is -3.29. The number of hydrogen-bond donors (Lipinski definition) is 1. The number of ether oxygens (including phenoxy) is 1. The minimum atomic E-state index is -0.641. The summed E-state index contributed by atoms with van der Waals surface area (Å²) in [6.45, 7) is -0.414. The van der Waals surface area contributed by atoms with Gasteiger partial charge in [-0.3, -0.25) is 19.7 Å². The number of benzene rings is 2. The Labute approximate surface area is 136 Å². The lowest BCUT2D eigenvalue weighted by molar-refractivity contribution is -0.384. The average molecular weight is 332 g/mol. The molecule has 8 heteroatoms. The minimum Gasteiger partial charge on any atom is -0.483 e. The van der Waals surface area contributed by atoms with Crippen LogP contribution >= 0.6 is 0 Å². The molecule has 0 heterocycles. The van der Waals surface area contributed by atoms with Gasteiger partial charge in [0.15, 0.2) is 12.9 Å². The predicted octanol–water partition coefficient (Wildman–Crippen LogP) is 2.24. The number of carbonyl (C=O) groups is 2. The summed E-state index contributed by atoms with van der Waals surface area (Å²) in [4.78, 5) is 32.7. The van der Waals surface area contributed by atoms with E-state index in [2.05, 4.69) is 5.32 Å². The fourth-order valence-electron chi connectivity index (χ4n) is 1.90. The third-order valence-corrected chi connectivity index (χ3v) is 3.12. The number of non-ortho nitro benzene ring substituents is 1. The number of halogens is 1. The van der Waals surface area contributed by atoms with E-state index < -0.39 is 23.3 Å². The van der Waals surface area contributed by atoms with Gasteiger partial charge in [0.05, 0.1) is 10.5 Å². The summed E-state index contributed by atoms with van der Waals surface area (Å²) < 4.78 is 18.6. The number of amides is 1. The van der Waals surface area contributed by atoms with Crippen molar-refractivity contribution >= 4 is 17.9 Å². The van der Waals surface area contributed by atoms with Crippen LogP contribution in [0, 0.1) is 15.9 Å². The summed E-state index contributed by atoms with van der Waals surface area (Å²) in [7, 11) is 0. The lowest BCUT2D eigenvalue weighted by atomic mass is 10.2. The molecule has 0 aliphatic carbocycles. The Morgan fingerprint density at radius 1 is 1.29 bits per heavy atom. The van der Waals surface area contributed by atoms with E-state index in [-0.39, 0.29) is 23.5 Å². The van der Waals surface area contributed by atoms with Crippen LogP contribution in [0.25, 0.3) is 0 Å². The Kier molecular flexibility index (Phi) is 5.56. The summed E-state index contributed by atoms with van der Waals surface area (Å²) in [5, 5.41) is 13.1. The maximum atomic E-state index is 13.4. The van der Waals surface area contributed by atoms with E-state index in [0.29, 0.717) is 11.8 Å². The molecule has 0 fully saturated rings. The SMILES string of the molecule is O=Cc1cc([N+](=O)[O-])ccc1OCC(=O)NCc1ccccc1F. The van der Waals surface area contributed by atoms with Gasteiger partial charge < -0.3 is 10.1 Å². The lowest BCUT2D eigenvalue weighted by Gasteiger charge is -2.09. The molecule has 0 bridgehead atoms. The summed E-state index contributed by atoms with van der Waals surface area (Å²) >= 11 is 0. The van der Waals surface area contributed by atoms with Crippen LogP contribution in [0.2, 0.25) is 0 Å². The lowest BCUT2D eigenvalue weighted by Crippen LogP contribution is -2.28. The van der Waals surface area contributed by atoms with Crippen molar-refractivity contribution < 1.29 is 23.6 Å². The number of rotatable bonds is 7. The van der Waals surface area contributed by atoms with E-state index >= 15 is 0 Å². The first-order valence-electron chi connectivity index (χ1n) is 6.88. The standard InChI is InChI=1S/C16H13FN2O5/c17-14-4-2-1-3-11(14)8-18-16(21)10-24-15-6-5-13(19(22)23)7-12(15)9-20/h1-7,9H,8,10H2,(H,18,21). The smallest absolute Gasteiger partial charge is 0.270 e. The average Bonchev–Trinajstić information content (AvgIpc) is 2.58. The number of nitrogens with zero attached hydrogens (tertiary/aromatic N) is 1. The van der Waals surface area contributed by atoms with Gasteiger partial charge in [0.25, 0.3) is 11.6 Å². The highest BCUT2D eigenvalue weighted by molar-refractivity contribution is 5.81. The number of carbonyl (C=O) groups excluding carboxylic acids is 2. The van der Waals surface area contributed by atoms with Crippen molar-refractivity contribution in [2.24, 2.45) is 0 Å². The molecular weight excluding hydrogens is 319 g/mol. The molecule has 0 aliphatic rings. The fraction of sp³-hybridized carbons (Fsp3) is 0.125. The molecule has 24 heavy (non-hydrogen) atoms. The van der Waals surface area contributed by atoms with Crippen molar-refractivity contribution in [1.29, 1.82) is 0 Å². The molecule has 0 saturated heterocycles. The third-order valence-electron chi connectivity index (χ3n) is 3.12. The Bertz CT molecular complexity index is 779. The zero-order valence-electron chi connectivity index (χ0n) is 12.4. The van der Waals surface area contributed by atoms with Crippen LogP contribution in [0.5, 0.6) is 5.75 Å². The molecule has 7 nitrogen and oxygen atoms in total. The fourth-order valence-corrected chi connectivity index (χ4v) is 1.90. The second-order valence-corrected chi connectivity index (χ2v) is 4.75. The van der Waals surface area contributed by atoms with Crippen LogP contribution in [0.1, 0.15) is 15.9 Å². The van der Waals surface area contributed by atoms with Crippen LogP contribution in [0.3, 0.4) is 0 Å². The molecule has 0 aromatic heterocycles. The summed E-state index contributed by atoms with van der Waals surface area (Å²) in [5.74, 6) is -0.901. The van der Waals surface area contributed by atoms with Crippen molar-refractivity contribution in [3.05, 3.63) is 69.5 Å². The Morgan fingerprint density at radius 3 is 2.71 bits per heavy atom. The highest BCUT2D eigenvalue weighted by atomic mass is 19.1. The maximum Gasteiger partial charge on any atom is 0.270 e. The highest BCUT2D eigenvalue weighted by Crippen LogP contribution is 2.22. The zero-order valence-corrected chi connectivity index (χ0v) is 12.4. The molecule has 124 valence electrons. The van der Waals surface area contributed by atoms with Gasteiger partial charge in [-0.05, 0) is 12.1 Å². The van der Waals surface area contributed by atoms with Crippen molar-refractivity contribution in [2.75, 3.05) is 6.61 Å². The largest absolute Gasteiger partial charge is 0.483 e. The monoisotopic (exact) mass is 332 g/mol. The second kappa shape index (κ2) is 7.82. The normalized spacial score (nSPS) is 10.0. The van der Waals surface area contributed by atoms with Crippen LogP contribution in [0.15, 0.2) is 42.5 Å². The summed E-state index contributed by atoms with van der Waals surface area (Å²) in [6, 6.07) is 9.47. The molecule has 0 atom stereocenters. The van der Waals surface area contributed by atoms with Crippen molar-refractivity contribution in [2.45, 2.75) is 6.54 Å². The molecule has 0 radical (unpaired) electrons. The molecule has 1 N–H and O–H groups in total. The number of hydrogen-bond acceptors (Lipinski definition) is 5. The molecule has 2 aromatic carbocycles. The van der Waals surface area contributed by atoms with Gasteiger partial charge in [0.1, 0.15) is 11.6 Å². The Balaban J connectivity index is 1.93. The van der Waals surface area contributed by atoms with Crippen molar-refractivity contribution in [1.82, 2.24) is 5.32 Å². The Morgan fingerprint density at radius 2 is 2.04 bits per heavy atom. The van der Waals surface area contributed by atoms with Crippen molar-refractivity contribution in [3.8, 4) is 5.75 Å². The van der Waals surface area contributed by atoms with Gasteiger partial charge in [-0.15, -0.1) is 0 Å². The predicted molar refractivity (Wildman–Crippen MR) is 82.2 cm³/mol. The van der Waals surface area contributed by atoms with Gasteiger partial charge in [0, 0.05) is 24.2 Å². The van der Waals surface area contributed by atoms with Crippen molar-refractivity contribution in [3.63, 3.8) is 0 Å². The van der Waals surface area contributed by atoms with Crippen LogP contribution in [-0.4, -0.2) is 23.7 Å². The molecule has 2 aromatic rings. The minimum absolute atomic E-state index is 0.00430. The first-order chi connectivity index (χ1) is 11.5. The van der Waals surface area contributed by atoms with E-state index in [0.717, 1.165) is 6.07 Å². The van der Waals surface area contributed by atoms with Gasteiger partial charge in [-0.1, -0.05) is 18.2 Å². The molecule has 2 rings (SSSR count). The number of aldehydes is 1. The number of nitro benzene ring substituents is 1. The molecule has 0 unspecified atom stereocenters. The molecule has 0 spiro atoms. The maximum absolute atomic E-state index is 13.4. The van der Waals surface area contributed by atoms with Crippen LogP contribution in [0.4, 0.5) is 10.1 Å². The number of nitro groups is 1. The molecule has 1 amide bonds. The first-order valence-corrected chi connectivity index (χ1v) is 6.88. The molecule has 0 aliphatic heterocycles. The van der Waals surface area contributed by atoms with Gasteiger partial charge in [-0.2, -0.15) is 0 Å². The van der Waals surface area contributed by atoms with E-state index in [9.17, 15) is 24.1 Å². The van der Waals surface area contributed by atoms with Gasteiger partial charge in [0.2, 0.25) is 0 Å². The quantitative estimate of drug-likeness (QED) is 0.476. The highest BCUT2D eigenvalue weighted by Gasteiger charge is 2.12.